The van der Waals surface area contributed by atoms with Crippen LogP contribution in [0.4, 0.5) is 13.2 Å². The fourth-order valence-corrected chi connectivity index (χ4v) is 1.16. The van der Waals surface area contributed by atoms with Gasteiger partial charge in [0.05, 0.1) is 6.61 Å². The molecule has 6 heteroatoms. The van der Waals surface area contributed by atoms with Crippen LogP contribution in [0.15, 0.2) is 6.07 Å². The van der Waals surface area contributed by atoms with Gasteiger partial charge in [-0.3, -0.25) is 0 Å². The third-order valence-electron chi connectivity index (χ3n) is 1.68. The highest BCUT2D eigenvalue weighted by atomic mass is 35.5. The average molecular weight is 226 g/mol. The van der Waals surface area contributed by atoms with E-state index in [2.05, 4.69) is 4.84 Å². The molecule has 0 amide bonds. The maximum atomic E-state index is 13.1. The van der Waals surface area contributed by atoms with E-state index < -0.39 is 22.5 Å². The summed E-state index contributed by atoms with van der Waals surface area (Å²) in [5.74, 6) is 1.46. The molecule has 0 aliphatic heterocycles. The molecule has 0 atom stereocenters. The third-order valence-corrected chi connectivity index (χ3v) is 2.03. The Hall–Kier alpha value is -0.780. The second kappa shape index (κ2) is 4.63. The van der Waals surface area contributed by atoms with Crippen LogP contribution in [0.25, 0.3) is 0 Å². The first-order valence-corrected chi connectivity index (χ1v) is 4.09. The topological polar surface area (TPSA) is 35.2 Å². The number of benzene rings is 1. The second-order valence-electron chi connectivity index (χ2n) is 2.57. The molecule has 1 rings (SSSR count). The predicted octanol–water partition coefficient (Wildman–Crippen LogP) is 2.19. The Morgan fingerprint density at radius 2 is 1.93 bits per heavy atom. The maximum Gasteiger partial charge on any atom is 0.150 e. The lowest BCUT2D eigenvalue weighted by Gasteiger charge is -2.06. The zero-order chi connectivity index (χ0) is 10.7. The van der Waals surface area contributed by atoms with Gasteiger partial charge in [0.25, 0.3) is 0 Å². The molecule has 0 fully saturated rings. The van der Waals surface area contributed by atoms with E-state index in [4.69, 9.17) is 17.5 Å². The summed E-state index contributed by atoms with van der Waals surface area (Å²) in [6, 6.07) is 0.525. The lowest BCUT2D eigenvalue weighted by molar-refractivity contribution is 0.140. The van der Waals surface area contributed by atoms with Crippen molar-refractivity contribution in [2.24, 2.45) is 5.90 Å². The summed E-state index contributed by atoms with van der Waals surface area (Å²) in [5, 5.41) is -0.724. The van der Waals surface area contributed by atoms with E-state index in [1.807, 2.05) is 0 Å². The first-order chi connectivity index (χ1) is 6.57. The number of hydrogen-bond donors (Lipinski definition) is 1. The second-order valence-corrected chi connectivity index (χ2v) is 2.95. The smallest absolute Gasteiger partial charge is 0.150 e. The van der Waals surface area contributed by atoms with Crippen LogP contribution in [0.2, 0.25) is 5.02 Å². The minimum absolute atomic E-state index is 0.0736. The number of hydrogen-bond acceptors (Lipinski definition) is 2. The van der Waals surface area contributed by atoms with Crippen molar-refractivity contribution < 1.29 is 18.0 Å². The number of nitrogens with two attached hydrogens (primary N) is 1. The molecule has 0 heterocycles. The molecule has 1 aromatic carbocycles. The monoisotopic (exact) mass is 225 g/mol. The number of rotatable bonds is 3. The Balaban J connectivity index is 3.09. The summed E-state index contributed by atoms with van der Waals surface area (Å²) in [7, 11) is 0. The van der Waals surface area contributed by atoms with Crippen LogP contribution in [0.5, 0.6) is 0 Å². The molecule has 0 saturated carbocycles. The van der Waals surface area contributed by atoms with Crippen LogP contribution in [0.3, 0.4) is 0 Å². The molecule has 0 radical (unpaired) electrons. The van der Waals surface area contributed by atoms with Crippen molar-refractivity contribution in [2.75, 3.05) is 6.61 Å². The van der Waals surface area contributed by atoms with Gasteiger partial charge in [-0.15, -0.1) is 0 Å². The van der Waals surface area contributed by atoms with E-state index in [0.29, 0.717) is 6.07 Å². The zero-order valence-corrected chi connectivity index (χ0v) is 7.74. The molecule has 2 nitrogen and oxygen atoms in total. The van der Waals surface area contributed by atoms with Crippen LogP contribution >= 0.6 is 11.6 Å². The summed E-state index contributed by atoms with van der Waals surface area (Å²) in [5.41, 5.74) is -0.332. The van der Waals surface area contributed by atoms with Crippen molar-refractivity contribution in [1.82, 2.24) is 0 Å². The van der Waals surface area contributed by atoms with Crippen molar-refractivity contribution in [1.29, 1.82) is 0 Å². The standard InChI is InChI=1S/C8H7ClF3NO/c9-7-6(11)3-5(10)4(8(7)12)1-2-14-13/h3H,1-2,13H2. The largest absolute Gasteiger partial charge is 0.304 e. The molecule has 0 spiro atoms. The molecule has 1 aromatic rings. The third kappa shape index (κ3) is 2.17. The van der Waals surface area contributed by atoms with Crippen molar-refractivity contribution >= 4 is 11.6 Å². The lowest BCUT2D eigenvalue weighted by atomic mass is 10.1. The van der Waals surface area contributed by atoms with Crippen molar-refractivity contribution in [3.8, 4) is 0 Å². The Bertz CT molecular complexity index is 346. The fraction of sp³-hybridized carbons (Fsp3) is 0.250. The van der Waals surface area contributed by atoms with Crippen molar-refractivity contribution in [2.45, 2.75) is 6.42 Å². The molecule has 0 aromatic heterocycles. The van der Waals surface area contributed by atoms with Crippen LogP contribution in [0.1, 0.15) is 5.56 Å². The van der Waals surface area contributed by atoms with Gasteiger partial charge >= 0.3 is 0 Å². The highest BCUT2D eigenvalue weighted by Crippen LogP contribution is 2.24. The highest BCUT2D eigenvalue weighted by Gasteiger charge is 2.16. The molecule has 2 N–H and O–H groups in total. The fourth-order valence-electron chi connectivity index (χ4n) is 0.994. The highest BCUT2D eigenvalue weighted by molar-refractivity contribution is 6.30. The molecule has 0 aliphatic rings. The maximum absolute atomic E-state index is 13.1. The van der Waals surface area contributed by atoms with E-state index >= 15 is 0 Å². The van der Waals surface area contributed by atoms with E-state index in [1.54, 1.807) is 0 Å². The Kier molecular flexibility index (Phi) is 3.74. The molecular formula is C8H7ClF3NO. The van der Waals surface area contributed by atoms with Gasteiger partial charge in [0.1, 0.15) is 16.7 Å². The molecular weight excluding hydrogens is 219 g/mol. The summed E-state index contributed by atoms with van der Waals surface area (Å²) in [6.45, 7) is -0.0736. The van der Waals surface area contributed by atoms with Gasteiger partial charge < -0.3 is 4.84 Å². The molecule has 0 aliphatic carbocycles. The molecule has 78 valence electrons. The Morgan fingerprint density at radius 3 is 2.50 bits per heavy atom. The first-order valence-electron chi connectivity index (χ1n) is 3.71. The Morgan fingerprint density at radius 1 is 1.29 bits per heavy atom. The van der Waals surface area contributed by atoms with Gasteiger partial charge in [-0.2, -0.15) is 0 Å². The van der Waals surface area contributed by atoms with E-state index in [9.17, 15) is 13.2 Å². The molecule has 0 saturated heterocycles. The molecule has 0 unspecified atom stereocenters. The minimum Gasteiger partial charge on any atom is -0.304 e. The van der Waals surface area contributed by atoms with Crippen LogP contribution in [-0.2, 0) is 11.3 Å². The SMILES string of the molecule is NOCCc1c(F)cc(F)c(Cl)c1F. The van der Waals surface area contributed by atoms with Gasteiger partial charge in [0.2, 0.25) is 0 Å². The van der Waals surface area contributed by atoms with Crippen LogP contribution in [0, 0.1) is 17.5 Å². The molecule has 14 heavy (non-hydrogen) atoms. The van der Waals surface area contributed by atoms with E-state index in [-0.39, 0.29) is 18.6 Å². The van der Waals surface area contributed by atoms with E-state index in [0.717, 1.165) is 0 Å². The predicted molar refractivity (Wildman–Crippen MR) is 45.2 cm³/mol. The normalized spacial score (nSPS) is 10.6. The minimum atomic E-state index is -1.13. The first kappa shape index (κ1) is 11.3. The van der Waals surface area contributed by atoms with Gasteiger partial charge in [0.15, 0.2) is 5.82 Å². The summed E-state index contributed by atoms with van der Waals surface area (Å²) >= 11 is 5.24. The van der Waals surface area contributed by atoms with Gasteiger partial charge in [0, 0.05) is 18.1 Å². The van der Waals surface area contributed by atoms with Crippen molar-refractivity contribution in [3.63, 3.8) is 0 Å². The van der Waals surface area contributed by atoms with E-state index in [1.165, 1.54) is 0 Å². The summed E-state index contributed by atoms with van der Waals surface area (Å²) < 4.78 is 38.8. The zero-order valence-electron chi connectivity index (χ0n) is 6.99. The summed E-state index contributed by atoms with van der Waals surface area (Å²) in [4.78, 5) is 4.16. The lowest BCUT2D eigenvalue weighted by Crippen LogP contribution is -2.07. The average Bonchev–Trinajstić information content (AvgIpc) is 2.14. The van der Waals surface area contributed by atoms with Gasteiger partial charge in [-0.1, -0.05) is 11.6 Å². The molecule has 0 bridgehead atoms. The van der Waals surface area contributed by atoms with Gasteiger partial charge in [-0.05, 0) is 0 Å². The van der Waals surface area contributed by atoms with Crippen molar-refractivity contribution in [3.05, 3.63) is 34.1 Å². The van der Waals surface area contributed by atoms with Crippen LogP contribution in [-0.4, -0.2) is 6.61 Å². The Labute approximate surface area is 83.4 Å². The number of halogens is 4. The summed E-state index contributed by atoms with van der Waals surface area (Å²) in [6.07, 6.45) is -0.103. The quantitative estimate of drug-likeness (QED) is 0.486. The van der Waals surface area contributed by atoms with Crippen LogP contribution < -0.4 is 5.90 Å². The van der Waals surface area contributed by atoms with Gasteiger partial charge in [-0.25, -0.2) is 19.1 Å².